The fourth-order valence-electron chi connectivity index (χ4n) is 0. The number of rotatable bonds is 0. The van der Waals surface area contributed by atoms with Gasteiger partial charge in [0.05, 0.1) is 0 Å². The van der Waals surface area contributed by atoms with Gasteiger partial charge in [-0.2, -0.15) is 0 Å². The predicted molar refractivity (Wildman–Crippen MR) is 32.0 cm³/mol. The Morgan fingerprint density at radius 1 is 1.00 bits per heavy atom. The Bertz CT molecular complexity index is 8.00. The van der Waals surface area contributed by atoms with Gasteiger partial charge in [-0.3, -0.25) is 0 Å². The zero-order valence-electron chi connectivity index (χ0n) is 0.500. The van der Waals surface area contributed by atoms with Crippen LogP contribution in [0.25, 0.3) is 0 Å². The van der Waals surface area contributed by atoms with Gasteiger partial charge in [-0.25, -0.2) is 0 Å². The minimum atomic E-state index is 0. The Morgan fingerprint density at radius 3 is 1.00 bits per heavy atom. The van der Waals surface area contributed by atoms with Crippen LogP contribution in [0.1, 0.15) is 0 Å². The first kappa shape index (κ1) is 31.3. The van der Waals surface area contributed by atoms with E-state index in [1.165, 1.54) is 0 Å². The molecule has 0 spiro atoms. The average Bonchev–Trinajstić information content (AvgIpc) is 0. The SMILES string of the molecule is O.[BaH2].[MgH2].[SiH4]. The molecule has 0 aliphatic carbocycles. The molecular weight excluding hydrogens is 206 g/mol. The van der Waals surface area contributed by atoms with Crippen LogP contribution in [0, 0.1) is 0 Å². The molecule has 0 aliphatic heterocycles. The molecule has 0 heterocycles. The van der Waals surface area contributed by atoms with Crippen molar-refractivity contribution < 1.29 is 5.48 Å². The first-order chi connectivity index (χ1) is 0. The van der Waals surface area contributed by atoms with Gasteiger partial charge in [0.25, 0.3) is 0 Å². The summed E-state index contributed by atoms with van der Waals surface area (Å²) < 4.78 is 0. The smallest absolute Gasteiger partial charge is 0.0149 e. The molecule has 0 amide bonds. The molecule has 0 aliphatic rings. The second kappa shape index (κ2) is 17.8. The maximum absolute atomic E-state index is 0. The molecule has 0 aromatic rings. The fourth-order valence-corrected chi connectivity index (χ4v) is 0. The van der Waals surface area contributed by atoms with E-state index in [1.54, 1.807) is 0 Å². The third kappa shape index (κ3) is 8.82. The summed E-state index contributed by atoms with van der Waals surface area (Å²) >= 11 is 0. The predicted octanol–water partition coefficient (Wildman–Crippen LogP) is -4.11. The summed E-state index contributed by atoms with van der Waals surface area (Å²) in [6.07, 6.45) is 0. The van der Waals surface area contributed by atoms with E-state index >= 15 is 0 Å². The van der Waals surface area contributed by atoms with Gasteiger partial charge in [0.1, 0.15) is 0 Å². The van der Waals surface area contributed by atoms with E-state index in [1.807, 2.05) is 0 Å². The third-order valence-electron chi connectivity index (χ3n) is 0. The molecule has 4 heavy (non-hydrogen) atoms. The molecular formula is H10BaMgOSi. The van der Waals surface area contributed by atoms with Gasteiger partial charge >= 0.3 is 71.9 Å². The summed E-state index contributed by atoms with van der Waals surface area (Å²) in [5, 5.41) is 0. The van der Waals surface area contributed by atoms with Crippen LogP contribution in [0.15, 0.2) is 0 Å². The first-order valence-electron chi connectivity index (χ1n) is 0. The zero-order valence-corrected chi connectivity index (χ0v) is 0.500. The minimum Gasteiger partial charge on any atom is -0.0149 e. The fraction of sp³-hybridized carbons (Fsp3) is 0. The van der Waals surface area contributed by atoms with E-state index in [2.05, 4.69) is 0 Å². The van der Waals surface area contributed by atoms with Gasteiger partial charge in [0.2, 0.25) is 0 Å². The van der Waals surface area contributed by atoms with Crippen LogP contribution in [0.4, 0.5) is 0 Å². The van der Waals surface area contributed by atoms with Crippen molar-refractivity contribution in [2.75, 3.05) is 0 Å². The Kier molecular flexibility index (Phi) is 139. The molecule has 0 saturated heterocycles. The van der Waals surface area contributed by atoms with Crippen LogP contribution in [-0.2, 0) is 0 Å². The molecule has 0 aromatic heterocycles. The standard InChI is InChI=1S/Ba.Mg.H2O.H4Si.4H/h;;1H2;1H4;;;;. The maximum Gasteiger partial charge on any atom is 0.316 e. The van der Waals surface area contributed by atoms with Crippen molar-refractivity contribution in [3.05, 3.63) is 0 Å². The second-order valence-corrected chi connectivity index (χ2v) is 0. The summed E-state index contributed by atoms with van der Waals surface area (Å²) in [5.74, 6) is 0. The molecule has 0 saturated carbocycles. The minimum absolute atomic E-state index is 0. The van der Waals surface area contributed by atoms with E-state index in [4.69, 9.17) is 0 Å². The van der Waals surface area contributed by atoms with Gasteiger partial charge in [0, 0.05) is 0 Å². The monoisotopic (exact) mass is 216 g/mol. The molecule has 0 fully saturated rings. The van der Waals surface area contributed by atoms with Crippen molar-refractivity contribution in [1.82, 2.24) is 0 Å². The molecule has 0 rings (SSSR count). The molecule has 1 nitrogen and oxygen atoms in total. The summed E-state index contributed by atoms with van der Waals surface area (Å²) in [7, 11) is 0. The van der Waals surface area contributed by atoms with Crippen molar-refractivity contribution in [1.29, 1.82) is 0 Å². The quantitative estimate of drug-likeness (QED) is 0.368. The van der Waals surface area contributed by atoms with Gasteiger partial charge in [-0.1, -0.05) is 0 Å². The summed E-state index contributed by atoms with van der Waals surface area (Å²) in [5.41, 5.74) is 0. The van der Waals surface area contributed by atoms with Gasteiger partial charge in [-0.05, 0) is 11.0 Å². The third-order valence-corrected chi connectivity index (χ3v) is 0. The van der Waals surface area contributed by atoms with E-state index < -0.39 is 0 Å². The van der Waals surface area contributed by atoms with E-state index in [-0.39, 0.29) is 88.4 Å². The van der Waals surface area contributed by atoms with Gasteiger partial charge in [0.15, 0.2) is 0 Å². The van der Waals surface area contributed by atoms with E-state index in [0.717, 1.165) is 0 Å². The van der Waals surface area contributed by atoms with Crippen molar-refractivity contribution in [2.24, 2.45) is 0 Å². The molecule has 0 radical (unpaired) electrons. The molecule has 0 unspecified atom stereocenters. The van der Waals surface area contributed by atoms with E-state index in [0.29, 0.717) is 0 Å². The Hall–Kier alpha value is 2.51. The largest absolute Gasteiger partial charge is 0.316 e. The van der Waals surface area contributed by atoms with E-state index in [9.17, 15) is 0 Å². The van der Waals surface area contributed by atoms with Gasteiger partial charge < -0.3 is 5.48 Å². The molecule has 0 aromatic carbocycles. The zero-order chi connectivity index (χ0) is 0. The molecule has 0 bridgehead atoms. The van der Waals surface area contributed by atoms with Crippen molar-refractivity contribution in [3.8, 4) is 0 Å². The van der Waals surface area contributed by atoms with Crippen LogP contribution in [0.2, 0.25) is 0 Å². The van der Waals surface area contributed by atoms with Crippen LogP contribution < -0.4 is 0 Å². The van der Waals surface area contributed by atoms with Gasteiger partial charge in [-0.15, -0.1) is 0 Å². The second-order valence-electron chi connectivity index (χ2n) is 0. The van der Waals surface area contributed by atoms with Crippen molar-refractivity contribution in [3.63, 3.8) is 0 Å². The number of hydrogen-bond acceptors (Lipinski definition) is 0. The Labute approximate surface area is 86.5 Å². The van der Waals surface area contributed by atoms with Crippen LogP contribution in [-0.4, -0.2) is 88.4 Å². The topological polar surface area (TPSA) is 31.5 Å². The Balaban J connectivity index is 0. The van der Waals surface area contributed by atoms with Crippen molar-refractivity contribution in [2.45, 2.75) is 0 Å². The van der Waals surface area contributed by atoms with Crippen LogP contribution >= 0.6 is 0 Å². The molecule has 2 N–H and O–H groups in total. The molecule has 0 atom stereocenters. The normalized spacial score (nSPS) is 0. The first-order valence-corrected chi connectivity index (χ1v) is 0. The van der Waals surface area contributed by atoms with Crippen molar-refractivity contribution >= 4 is 82.9 Å². The summed E-state index contributed by atoms with van der Waals surface area (Å²) in [4.78, 5) is 0. The van der Waals surface area contributed by atoms with Crippen LogP contribution in [0.5, 0.6) is 0 Å². The summed E-state index contributed by atoms with van der Waals surface area (Å²) in [6, 6.07) is 0. The van der Waals surface area contributed by atoms with Crippen LogP contribution in [0.3, 0.4) is 0 Å². The Morgan fingerprint density at radius 2 is 1.00 bits per heavy atom. The maximum atomic E-state index is 0. The number of hydrogen-bond donors (Lipinski definition) is 0. The average molecular weight is 216 g/mol. The molecule has 4 heteroatoms. The molecule has 24 valence electrons. The summed E-state index contributed by atoms with van der Waals surface area (Å²) in [6.45, 7) is 0.